The second-order valence-corrected chi connectivity index (χ2v) is 5.25. The summed E-state index contributed by atoms with van der Waals surface area (Å²) in [5.74, 6) is 1.32. The Morgan fingerprint density at radius 1 is 0.958 bits per heavy atom. The Labute approximate surface area is 142 Å². The summed E-state index contributed by atoms with van der Waals surface area (Å²) in [5.41, 5.74) is 9.05. The molecule has 2 rings (SSSR count). The third-order valence-corrected chi connectivity index (χ3v) is 3.80. The van der Waals surface area contributed by atoms with E-state index in [0.29, 0.717) is 30.3 Å². The van der Waals surface area contributed by atoms with Gasteiger partial charge in [0.1, 0.15) is 11.5 Å². The molecule has 0 aliphatic carbocycles. The number of ether oxygens (including phenoxy) is 2. The Morgan fingerprint density at radius 3 is 2.04 bits per heavy atom. The number of aliphatic hydroxyl groups is 2. The van der Waals surface area contributed by atoms with Crippen LogP contribution in [0.3, 0.4) is 0 Å². The number of nitrogens with zero attached hydrogens (tertiary/aromatic N) is 1. The van der Waals surface area contributed by atoms with E-state index in [1.165, 1.54) is 0 Å². The molecule has 0 aliphatic rings. The molecule has 0 amide bonds. The van der Waals surface area contributed by atoms with Gasteiger partial charge in [0, 0.05) is 30.0 Å². The molecule has 24 heavy (non-hydrogen) atoms. The van der Waals surface area contributed by atoms with Crippen LogP contribution in [-0.2, 0) is 0 Å². The fourth-order valence-corrected chi connectivity index (χ4v) is 2.74. The Balaban J connectivity index is 2.68. The van der Waals surface area contributed by atoms with Gasteiger partial charge < -0.3 is 30.3 Å². The number of nitrogen functional groups attached to an aromatic ring is 1. The SMILES string of the molecule is COc1cccc(OC)c1-c1cc(N)ccc1N(CCO)CCO. The summed E-state index contributed by atoms with van der Waals surface area (Å²) < 4.78 is 11.0. The molecule has 0 bridgehead atoms. The third kappa shape index (κ3) is 3.72. The first-order chi connectivity index (χ1) is 11.7. The predicted octanol–water partition coefficient (Wildman–Crippen LogP) is 1.74. The maximum absolute atomic E-state index is 9.34. The van der Waals surface area contributed by atoms with E-state index >= 15 is 0 Å². The number of aliphatic hydroxyl groups excluding tert-OH is 2. The summed E-state index contributed by atoms with van der Waals surface area (Å²) in [7, 11) is 3.20. The number of rotatable bonds is 8. The van der Waals surface area contributed by atoms with Crippen LogP contribution in [0.15, 0.2) is 36.4 Å². The van der Waals surface area contributed by atoms with E-state index in [4.69, 9.17) is 15.2 Å². The van der Waals surface area contributed by atoms with Gasteiger partial charge in [-0.15, -0.1) is 0 Å². The van der Waals surface area contributed by atoms with E-state index in [0.717, 1.165) is 16.8 Å². The number of methoxy groups -OCH3 is 2. The van der Waals surface area contributed by atoms with Gasteiger partial charge >= 0.3 is 0 Å². The average molecular weight is 332 g/mol. The van der Waals surface area contributed by atoms with Gasteiger partial charge in [-0.25, -0.2) is 0 Å². The van der Waals surface area contributed by atoms with E-state index in [1.54, 1.807) is 20.3 Å². The lowest BCUT2D eigenvalue weighted by atomic mass is 9.99. The van der Waals surface area contributed by atoms with Gasteiger partial charge in [0.2, 0.25) is 0 Å². The quantitative estimate of drug-likeness (QED) is 0.638. The van der Waals surface area contributed by atoms with Gasteiger partial charge in [-0.3, -0.25) is 0 Å². The van der Waals surface area contributed by atoms with Gasteiger partial charge in [0.25, 0.3) is 0 Å². The van der Waals surface area contributed by atoms with Crippen molar-refractivity contribution >= 4 is 11.4 Å². The molecular formula is C18H24N2O4. The molecule has 2 aromatic rings. The number of hydrogen-bond donors (Lipinski definition) is 3. The lowest BCUT2D eigenvalue weighted by Gasteiger charge is -2.27. The Kier molecular flexibility index (Phi) is 6.28. The zero-order valence-electron chi connectivity index (χ0n) is 14.0. The highest BCUT2D eigenvalue weighted by atomic mass is 16.5. The van der Waals surface area contributed by atoms with Crippen LogP contribution in [0.25, 0.3) is 11.1 Å². The number of anilines is 2. The molecule has 0 fully saturated rings. The largest absolute Gasteiger partial charge is 0.496 e. The van der Waals surface area contributed by atoms with Crippen molar-refractivity contribution in [1.29, 1.82) is 0 Å². The van der Waals surface area contributed by atoms with Crippen molar-refractivity contribution in [3.63, 3.8) is 0 Å². The lowest BCUT2D eigenvalue weighted by Crippen LogP contribution is -2.30. The summed E-state index contributed by atoms with van der Waals surface area (Å²) >= 11 is 0. The van der Waals surface area contributed by atoms with Crippen LogP contribution in [0.5, 0.6) is 11.5 Å². The van der Waals surface area contributed by atoms with Crippen molar-refractivity contribution in [1.82, 2.24) is 0 Å². The van der Waals surface area contributed by atoms with Crippen molar-refractivity contribution in [3.05, 3.63) is 36.4 Å². The van der Waals surface area contributed by atoms with Crippen molar-refractivity contribution in [2.45, 2.75) is 0 Å². The first kappa shape index (κ1) is 17.9. The number of hydrogen-bond acceptors (Lipinski definition) is 6. The Hall–Kier alpha value is -2.44. The van der Waals surface area contributed by atoms with Crippen LogP contribution in [0.4, 0.5) is 11.4 Å². The predicted molar refractivity (Wildman–Crippen MR) is 95.8 cm³/mol. The molecule has 0 heterocycles. The van der Waals surface area contributed by atoms with Crippen LogP contribution >= 0.6 is 0 Å². The van der Waals surface area contributed by atoms with Gasteiger partial charge in [-0.2, -0.15) is 0 Å². The molecule has 0 unspecified atom stereocenters. The summed E-state index contributed by atoms with van der Waals surface area (Å²) in [6.45, 7) is 0.754. The number of benzene rings is 2. The Bertz CT molecular complexity index is 648. The standard InChI is InChI=1S/C18H24N2O4/c1-23-16-4-3-5-17(24-2)18(16)14-12-13(19)6-7-15(14)20(8-10-21)9-11-22/h3-7,12,21-22H,8-11,19H2,1-2H3. The molecule has 0 saturated heterocycles. The van der Waals surface area contributed by atoms with Gasteiger partial charge in [0.15, 0.2) is 0 Å². The molecule has 0 radical (unpaired) electrons. The van der Waals surface area contributed by atoms with Crippen LogP contribution in [0.2, 0.25) is 0 Å². The maximum atomic E-state index is 9.34. The maximum Gasteiger partial charge on any atom is 0.130 e. The second kappa shape index (κ2) is 8.42. The van der Waals surface area contributed by atoms with Crippen LogP contribution in [0, 0.1) is 0 Å². The van der Waals surface area contributed by atoms with Gasteiger partial charge in [-0.1, -0.05) is 6.07 Å². The monoisotopic (exact) mass is 332 g/mol. The van der Waals surface area contributed by atoms with Crippen molar-refractivity contribution in [2.75, 3.05) is 51.2 Å². The molecule has 0 saturated carbocycles. The average Bonchev–Trinajstić information content (AvgIpc) is 2.60. The minimum Gasteiger partial charge on any atom is -0.496 e. The van der Waals surface area contributed by atoms with E-state index in [2.05, 4.69) is 0 Å². The van der Waals surface area contributed by atoms with E-state index in [-0.39, 0.29) is 13.2 Å². The highest BCUT2D eigenvalue weighted by Crippen LogP contribution is 2.43. The molecule has 2 aromatic carbocycles. The van der Waals surface area contributed by atoms with Gasteiger partial charge in [0.05, 0.1) is 33.0 Å². The smallest absolute Gasteiger partial charge is 0.130 e. The van der Waals surface area contributed by atoms with E-state index in [9.17, 15) is 10.2 Å². The fourth-order valence-electron chi connectivity index (χ4n) is 2.74. The fraction of sp³-hybridized carbons (Fsp3) is 0.333. The summed E-state index contributed by atoms with van der Waals surface area (Å²) in [4.78, 5) is 1.90. The lowest BCUT2D eigenvalue weighted by molar-refractivity contribution is 0.281. The molecule has 0 aliphatic heterocycles. The molecule has 0 spiro atoms. The normalized spacial score (nSPS) is 10.5. The summed E-state index contributed by atoms with van der Waals surface area (Å²) in [6, 6.07) is 11.1. The minimum absolute atomic E-state index is 0.0210. The van der Waals surface area contributed by atoms with Crippen molar-refractivity contribution in [3.8, 4) is 22.6 Å². The zero-order valence-corrected chi connectivity index (χ0v) is 14.0. The summed E-state index contributed by atoms with van der Waals surface area (Å²) in [5, 5.41) is 18.7. The van der Waals surface area contributed by atoms with Crippen LogP contribution in [-0.4, -0.2) is 50.7 Å². The zero-order chi connectivity index (χ0) is 17.5. The van der Waals surface area contributed by atoms with Crippen molar-refractivity contribution in [2.24, 2.45) is 0 Å². The molecule has 6 nitrogen and oxygen atoms in total. The minimum atomic E-state index is -0.0210. The molecular weight excluding hydrogens is 308 g/mol. The molecule has 0 aromatic heterocycles. The van der Waals surface area contributed by atoms with E-state index in [1.807, 2.05) is 35.2 Å². The Morgan fingerprint density at radius 2 is 1.54 bits per heavy atom. The molecule has 6 heteroatoms. The first-order valence-electron chi connectivity index (χ1n) is 7.73. The number of nitrogens with two attached hydrogens (primary N) is 1. The third-order valence-electron chi connectivity index (χ3n) is 3.80. The van der Waals surface area contributed by atoms with Crippen molar-refractivity contribution < 1.29 is 19.7 Å². The molecule has 4 N–H and O–H groups in total. The second-order valence-electron chi connectivity index (χ2n) is 5.25. The van der Waals surface area contributed by atoms with Crippen LogP contribution in [0.1, 0.15) is 0 Å². The molecule has 0 atom stereocenters. The summed E-state index contributed by atoms with van der Waals surface area (Å²) in [6.07, 6.45) is 0. The van der Waals surface area contributed by atoms with Gasteiger partial charge in [-0.05, 0) is 30.3 Å². The van der Waals surface area contributed by atoms with Crippen LogP contribution < -0.4 is 20.1 Å². The highest BCUT2D eigenvalue weighted by molar-refractivity contribution is 5.88. The molecule has 130 valence electrons. The highest BCUT2D eigenvalue weighted by Gasteiger charge is 2.19. The van der Waals surface area contributed by atoms with E-state index < -0.39 is 0 Å². The topological polar surface area (TPSA) is 88.2 Å². The first-order valence-corrected chi connectivity index (χ1v) is 7.73.